The van der Waals surface area contributed by atoms with Gasteiger partial charge in [0, 0.05) is 18.6 Å². The highest BCUT2D eigenvalue weighted by molar-refractivity contribution is 6.32. The van der Waals surface area contributed by atoms with Gasteiger partial charge in [-0.1, -0.05) is 36.9 Å². The SMILES string of the molecule is COc1ccc(CNCC2(N(C)C)CCCCC2)cc1Cl. The topological polar surface area (TPSA) is 24.5 Å². The predicted octanol–water partition coefficient (Wildman–Crippen LogP) is 3.70. The van der Waals surface area contributed by atoms with E-state index in [-0.39, 0.29) is 0 Å². The highest BCUT2D eigenvalue weighted by Gasteiger charge is 2.33. The van der Waals surface area contributed by atoms with E-state index in [1.54, 1.807) is 7.11 Å². The molecule has 0 bridgehead atoms. The molecule has 0 radical (unpaired) electrons. The Morgan fingerprint density at radius 2 is 1.95 bits per heavy atom. The second kappa shape index (κ2) is 7.48. The summed E-state index contributed by atoms with van der Waals surface area (Å²) in [7, 11) is 6.05. The first-order valence-electron chi connectivity index (χ1n) is 7.78. The van der Waals surface area contributed by atoms with E-state index in [9.17, 15) is 0 Å². The minimum Gasteiger partial charge on any atom is -0.495 e. The third kappa shape index (κ3) is 4.12. The Labute approximate surface area is 133 Å². The van der Waals surface area contributed by atoms with Crippen LogP contribution in [0.2, 0.25) is 5.02 Å². The van der Waals surface area contributed by atoms with Gasteiger partial charge in [-0.05, 0) is 44.6 Å². The fraction of sp³-hybridized carbons (Fsp3) is 0.647. The van der Waals surface area contributed by atoms with E-state index in [2.05, 4.69) is 30.4 Å². The Kier molecular flexibility index (Phi) is 5.91. The van der Waals surface area contributed by atoms with Crippen LogP contribution in [-0.2, 0) is 6.54 Å². The first-order valence-corrected chi connectivity index (χ1v) is 8.16. The Morgan fingerprint density at radius 1 is 1.24 bits per heavy atom. The number of hydrogen-bond acceptors (Lipinski definition) is 3. The van der Waals surface area contributed by atoms with Gasteiger partial charge >= 0.3 is 0 Å². The summed E-state index contributed by atoms with van der Waals surface area (Å²) in [6.45, 7) is 1.88. The molecule has 1 fully saturated rings. The van der Waals surface area contributed by atoms with Crippen LogP contribution in [-0.4, -0.2) is 38.2 Å². The average Bonchev–Trinajstić information content (AvgIpc) is 2.48. The Hall–Kier alpha value is -0.770. The van der Waals surface area contributed by atoms with Gasteiger partial charge in [0.05, 0.1) is 12.1 Å². The third-order valence-corrected chi connectivity index (χ3v) is 5.03. The van der Waals surface area contributed by atoms with Crippen molar-refractivity contribution in [2.45, 2.75) is 44.2 Å². The number of nitrogens with one attached hydrogen (secondary N) is 1. The second-order valence-corrected chi connectivity index (χ2v) is 6.66. The van der Waals surface area contributed by atoms with Crippen LogP contribution < -0.4 is 10.1 Å². The zero-order valence-electron chi connectivity index (χ0n) is 13.4. The molecule has 3 nitrogen and oxygen atoms in total. The second-order valence-electron chi connectivity index (χ2n) is 6.25. The van der Waals surface area contributed by atoms with E-state index >= 15 is 0 Å². The Bertz CT molecular complexity index is 456. The van der Waals surface area contributed by atoms with Gasteiger partial charge in [-0.25, -0.2) is 0 Å². The van der Waals surface area contributed by atoms with Crippen LogP contribution in [0.15, 0.2) is 18.2 Å². The fourth-order valence-corrected chi connectivity index (χ4v) is 3.53. The van der Waals surface area contributed by atoms with Crippen LogP contribution in [0.5, 0.6) is 5.75 Å². The number of halogens is 1. The monoisotopic (exact) mass is 310 g/mol. The smallest absolute Gasteiger partial charge is 0.137 e. The van der Waals surface area contributed by atoms with Crippen molar-refractivity contribution in [1.82, 2.24) is 10.2 Å². The zero-order valence-corrected chi connectivity index (χ0v) is 14.2. The van der Waals surface area contributed by atoms with Crippen molar-refractivity contribution >= 4 is 11.6 Å². The van der Waals surface area contributed by atoms with Crippen LogP contribution >= 0.6 is 11.6 Å². The molecule has 1 saturated carbocycles. The van der Waals surface area contributed by atoms with Crippen molar-refractivity contribution in [2.75, 3.05) is 27.7 Å². The molecule has 0 aliphatic heterocycles. The van der Waals surface area contributed by atoms with Crippen LogP contribution in [0.1, 0.15) is 37.7 Å². The Morgan fingerprint density at radius 3 is 2.52 bits per heavy atom. The summed E-state index contributed by atoms with van der Waals surface area (Å²) >= 11 is 6.17. The lowest BCUT2D eigenvalue weighted by molar-refractivity contribution is 0.0984. The molecule has 1 N–H and O–H groups in total. The minimum absolute atomic E-state index is 0.314. The van der Waals surface area contributed by atoms with E-state index in [4.69, 9.17) is 16.3 Å². The van der Waals surface area contributed by atoms with Crippen molar-refractivity contribution in [3.63, 3.8) is 0 Å². The third-order valence-electron chi connectivity index (χ3n) is 4.73. The molecule has 0 amide bonds. The fourth-order valence-electron chi connectivity index (χ4n) is 3.25. The summed E-state index contributed by atoms with van der Waals surface area (Å²) in [5, 5.41) is 4.29. The molecule has 0 saturated heterocycles. The van der Waals surface area contributed by atoms with Gasteiger partial charge in [0.25, 0.3) is 0 Å². The zero-order chi connectivity index (χ0) is 15.3. The quantitative estimate of drug-likeness (QED) is 0.867. The van der Waals surface area contributed by atoms with Gasteiger partial charge in [-0.3, -0.25) is 0 Å². The van der Waals surface area contributed by atoms with Gasteiger partial charge in [0.15, 0.2) is 0 Å². The van der Waals surface area contributed by atoms with Crippen molar-refractivity contribution in [1.29, 1.82) is 0 Å². The van der Waals surface area contributed by atoms with E-state index in [0.717, 1.165) is 18.8 Å². The van der Waals surface area contributed by atoms with Crippen molar-refractivity contribution in [3.8, 4) is 5.75 Å². The number of methoxy groups -OCH3 is 1. The molecule has 2 rings (SSSR count). The van der Waals surface area contributed by atoms with Crippen LogP contribution in [0, 0.1) is 0 Å². The molecule has 1 aromatic carbocycles. The van der Waals surface area contributed by atoms with Crippen molar-refractivity contribution < 1.29 is 4.74 Å². The normalized spacial score (nSPS) is 18.0. The highest BCUT2D eigenvalue weighted by Crippen LogP contribution is 2.31. The molecule has 0 heterocycles. The lowest BCUT2D eigenvalue weighted by Crippen LogP contribution is -2.52. The van der Waals surface area contributed by atoms with Crippen LogP contribution in [0.3, 0.4) is 0 Å². The van der Waals surface area contributed by atoms with Gasteiger partial charge in [-0.2, -0.15) is 0 Å². The molecule has 4 heteroatoms. The summed E-state index contributed by atoms with van der Waals surface area (Å²) in [5.41, 5.74) is 1.51. The molecule has 0 spiro atoms. The molecule has 0 unspecified atom stereocenters. The summed E-state index contributed by atoms with van der Waals surface area (Å²) < 4.78 is 5.19. The van der Waals surface area contributed by atoms with Crippen LogP contribution in [0.4, 0.5) is 0 Å². The number of nitrogens with zero attached hydrogens (tertiary/aromatic N) is 1. The maximum atomic E-state index is 6.17. The van der Waals surface area contributed by atoms with E-state index in [1.165, 1.54) is 37.7 Å². The molecule has 0 atom stereocenters. The number of likely N-dealkylation sites (N-methyl/N-ethyl adjacent to an activating group) is 1. The lowest BCUT2D eigenvalue weighted by Gasteiger charge is -2.43. The number of rotatable bonds is 6. The Balaban J connectivity index is 1.91. The van der Waals surface area contributed by atoms with E-state index in [0.29, 0.717) is 10.6 Å². The van der Waals surface area contributed by atoms with Gasteiger partial charge in [-0.15, -0.1) is 0 Å². The van der Waals surface area contributed by atoms with Gasteiger partial charge < -0.3 is 15.0 Å². The van der Waals surface area contributed by atoms with E-state index in [1.807, 2.05) is 12.1 Å². The molecule has 1 aromatic rings. The van der Waals surface area contributed by atoms with Crippen molar-refractivity contribution in [2.24, 2.45) is 0 Å². The number of hydrogen-bond donors (Lipinski definition) is 1. The summed E-state index contributed by atoms with van der Waals surface area (Å²) in [4.78, 5) is 2.40. The molecular weight excluding hydrogens is 284 g/mol. The van der Waals surface area contributed by atoms with Crippen molar-refractivity contribution in [3.05, 3.63) is 28.8 Å². The number of ether oxygens (including phenoxy) is 1. The maximum Gasteiger partial charge on any atom is 0.137 e. The summed E-state index contributed by atoms with van der Waals surface area (Å²) in [6.07, 6.45) is 6.64. The predicted molar refractivity (Wildman–Crippen MR) is 89.2 cm³/mol. The highest BCUT2D eigenvalue weighted by atomic mass is 35.5. The lowest BCUT2D eigenvalue weighted by atomic mass is 9.80. The molecule has 118 valence electrons. The van der Waals surface area contributed by atoms with Crippen LogP contribution in [0.25, 0.3) is 0 Å². The number of benzene rings is 1. The standard InChI is InChI=1S/C17H27ClN2O/c1-20(2)17(9-5-4-6-10-17)13-19-12-14-7-8-16(21-3)15(18)11-14/h7-8,11,19H,4-6,9-10,12-13H2,1-3H3. The molecular formula is C17H27ClN2O. The minimum atomic E-state index is 0.314. The first-order chi connectivity index (χ1) is 10.1. The van der Waals surface area contributed by atoms with E-state index < -0.39 is 0 Å². The largest absolute Gasteiger partial charge is 0.495 e. The summed E-state index contributed by atoms with van der Waals surface area (Å²) in [6, 6.07) is 5.99. The van der Waals surface area contributed by atoms with Gasteiger partial charge in [0.2, 0.25) is 0 Å². The first kappa shape index (κ1) is 16.6. The maximum absolute atomic E-state index is 6.17. The molecule has 1 aliphatic carbocycles. The molecule has 1 aliphatic rings. The van der Waals surface area contributed by atoms with Gasteiger partial charge in [0.1, 0.15) is 5.75 Å². The summed E-state index contributed by atoms with van der Waals surface area (Å²) in [5.74, 6) is 0.734. The molecule has 0 aromatic heterocycles. The molecule has 21 heavy (non-hydrogen) atoms. The average molecular weight is 311 g/mol.